The van der Waals surface area contributed by atoms with Gasteiger partial charge in [-0.3, -0.25) is 4.99 Å². The minimum Gasteiger partial charge on any atom is -0.494 e. The van der Waals surface area contributed by atoms with E-state index in [-0.39, 0.29) is 11.5 Å². The quantitative estimate of drug-likeness (QED) is 0.0374. The van der Waals surface area contributed by atoms with Crippen molar-refractivity contribution in [3.8, 4) is 28.7 Å². The van der Waals surface area contributed by atoms with E-state index in [0.29, 0.717) is 53.7 Å². The third-order valence-corrected chi connectivity index (χ3v) is 7.82. The van der Waals surface area contributed by atoms with E-state index in [0.717, 1.165) is 63.5 Å². The van der Waals surface area contributed by atoms with Gasteiger partial charge in [-0.25, -0.2) is 9.59 Å². The van der Waals surface area contributed by atoms with E-state index in [2.05, 4.69) is 25.8 Å². The van der Waals surface area contributed by atoms with Crippen molar-refractivity contribution in [2.24, 2.45) is 4.99 Å². The Morgan fingerprint density at radius 2 is 0.940 bits per heavy atom. The maximum atomic E-state index is 13.3. The second kappa shape index (κ2) is 21.1. The van der Waals surface area contributed by atoms with Gasteiger partial charge in [0.05, 0.1) is 36.6 Å². The van der Waals surface area contributed by atoms with Crippen molar-refractivity contribution in [3.63, 3.8) is 0 Å². The highest BCUT2D eigenvalue weighted by atomic mass is 16.5. The number of aliphatic imine (C=N–C) groups is 1. The average Bonchev–Trinajstić information content (AvgIpc) is 3.14. The predicted molar refractivity (Wildman–Crippen MR) is 198 cm³/mol. The van der Waals surface area contributed by atoms with E-state index in [1.54, 1.807) is 66.9 Å². The maximum Gasteiger partial charge on any atom is 0.343 e. The standard InChI is InChI=1S/C42H49NO7/c1-4-7-10-27-46-36-20-13-32(14-21-36)41(44)49-39-24-17-34(31-43-35-18-25-38(26-19-35)48-29-12-9-6-3)40(30-39)50-42(45)33-15-22-37(23-16-33)47-28-11-8-5-2/h13-26,30-31H,4-12,27-29H2,1-3H3. The van der Waals surface area contributed by atoms with Gasteiger partial charge < -0.3 is 23.7 Å². The van der Waals surface area contributed by atoms with Crippen LogP contribution in [0.5, 0.6) is 28.7 Å². The summed E-state index contributed by atoms with van der Waals surface area (Å²) in [6.45, 7) is 8.38. The summed E-state index contributed by atoms with van der Waals surface area (Å²) in [5, 5.41) is 0. The molecular weight excluding hydrogens is 630 g/mol. The lowest BCUT2D eigenvalue weighted by Gasteiger charge is -2.11. The fourth-order valence-corrected chi connectivity index (χ4v) is 4.87. The van der Waals surface area contributed by atoms with Crippen molar-refractivity contribution in [2.45, 2.75) is 78.6 Å². The van der Waals surface area contributed by atoms with E-state index in [9.17, 15) is 9.59 Å². The number of carbonyl (C=O) groups excluding carboxylic acids is 2. The molecule has 0 aromatic heterocycles. The van der Waals surface area contributed by atoms with E-state index in [1.807, 2.05) is 24.3 Å². The number of unbranched alkanes of at least 4 members (excludes halogenated alkanes) is 6. The van der Waals surface area contributed by atoms with Crippen molar-refractivity contribution >= 4 is 23.8 Å². The van der Waals surface area contributed by atoms with Crippen LogP contribution < -0.4 is 23.7 Å². The molecule has 0 amide bonds. The van der Waals surface area contributed by atoms with Crippen LogP contribution in [0.2, 0.25) is 0 Å². The van der Waals surface area contributed by atoms with Gasteiger partial charge in [0.25, 0.3) is 0 Å². The smallest absolute Gasteiger partial charge is 0.343 e. The lowest BCUT2D eigenvalue weighted by Crippen LogP contribution is -2.11. The van der Waals surface area contributed by atoms with Gasteiger partial charge in [-0.2, -0.15) is 0 Å². The largest absolute Gasteiger partial charge is 0.494 e. The Balaban J connectivity index is 1.48. The molecule has 0 saturated heterocycles. The predicted octanol–water partition coefficient (Wildman–Crippen LogP) is 10.6. The first-order valence-electron chi connectivity index (χ1n) is 17.8. The molecule has 4 aromatic carbocycles. The summed E-state index contributed by atoms with van der Waals surface area (Å²) in [6.07, 6.45) is 11.3. The molecule has 0 unspecified atom stereocenters. The first-order chi connectivity index (χ1) is 24.5. The molecule has 0 heterocycles. The molecule has 4 aromatic rings. The first kappa shape index (κ1) is 37.7. The second-order valence-electron chi connectivity index (χ2n) is 11.9. The summed E-state index contributed by atoms with van der Waals surface area (Å²) in [5.41, 5.74) is 1.94. The number of esters is 2. The number of carbonyl (C=O) groups is 2. The zero-order valence-electron chi connectivity index (χ0n) is 29.5. The van der Waals surface area contributed by atoms with Gasteiger partial charge >= 0.3 is 11.9 Å². The molecule has 264 valence electrons. The van der Waals surface area contributed by atoms with Crippen LogP contribution in [-0.2, 0) is 0 Å². The van der Waals surface area contributed by atoms with E-state index < -0.39 is 11.9 Å². The van der Waals surface area contributed by atoms with Crippen LogP contribution >= 0.6 is 0 Å². The normalized spacial score (nSPS) is 10.9. The van der Waals surface area contributed by atoms with Gasteiger partial charge in [-0.15, -0.1) is 0 Å². The minimum absolute atomic E-state index is 0.190. The number of rotatable bonds is 21. The van der Waals surface area contributed by atoms with Gasteiger partial charge in [0.2, 0.25) is 0 Å². The number of nitrogens with zero attached hydrogens (tertiary/aromatic N) is 1. The van der Waals surface area contributed by atoms with E-state index >= 15 is 0 Å². The Morgan fingerprint density at radius 1 is 0.520 bits per heavy atom. The van der Waals surface area contributed by atoms with Crippen LogP contribution in [0.4, 0.5) is 5.69 Å². The van der Waals surface area contributed by atoms with Crippen molar-refractivity contribution < 1.29 is 33.3 Å². The van der Waals surface area contributed by atoms with Crippen molar-refractivity contribution in [3.05, 3.63) is 108 Å². The lowest BCUT2D eigenvalue weighted by molar-refractivity contribution is 0.0732. The van der Waals surface area contributed by atoms with Gasteiger partial charge in [0, 0.05) is 17.8 Å². The Hall–Kier alpha value is -5.11. The molecule has 50 heavy (non-hydrogen) atoms. The third kappa shape index (κ3) is 12.7. The molecule has 0 saturated carbocycles. The summed E-state index contributed by atoms with van der Waals surface area (Å²) >= 11 is 0. The van der Waals surface area contributed by atoms with Crippen molar-refractivity contribution in [1.29, 1.82) is 0 Å². The topological polar surface area (TPSA) is 92.7 Å². The van der Waals surface area contributed by atoms with Gasteiger partial charge in [0.15, 0.2) is 0 Å². The highest BCUT2D eigenvalue weighted by Crippen LogP contribution is 2.28. The molecule has 0 spiro atoms. The Bertz CT molecular complexity index is 1630. The molecule has 0 aliphatic heterocycles. The molecule has 0 aliphatic rings. The molecule has 0 fully saturated rings. The fraction of sp³-hybridized carbons (Fsp3) is 0.357. The van der Waals surface area contributed by atoms with Gasteiger partial charge in [0.1, 0.15) is 28.7 Å². The molecular formula is C42H49NO7. The van der Waals surface area contributed by atoms with Crippen LogP contribution in [0.3, 0.4) is 0 Å². The number of hydrogen-bond donors (Lipinski definition) is 0. The summed E-state index contributed by atoms with van der Waals surface area (Å²) in [7, 11) is 0. The first-order valence-corrected chi connectivity index (χ1v) is 17.8. The Morgan fingerprint density at radius 3 is 1.40 bits per heavy atom. The zero-order valence-corrected chi connectivity index (χ0v) is 29.5. The van der Waals surface area contributed by atoms with Crippen molar-refractivity contribution in [2.75, 3.05) is 19.8 Å². The molecule has 0 aliphatic carbocycles. The number of ether oxygens (including phenoxy) is 5. The highest BCUT2D eigenvalue weighted by molar-refractivity contribution is 5.94. The molecule has 0 N–H and O–H groups in total. The van der Waals surface area contributed by atoms with Gasteiger partial charge in [-0.05, 0) is 104 Å². The Labute approximate surface area is 296 Å². The van der Waals surface area contributed by atoms with Crippen LogP contribution in [0.25, 0.3) is 0 Å². The van der Waals surface area contributed by atoms with Crippen LogP contribution in [0.15, 0.2) is 96.0 Å². The van der Waals surface area contributed by atoms with Crippen LogP contribution in [0.1, 0.15) is 105 Å². The molecule has 4 rings (SSSR count). The fourth-order valence-electron chi connectivity index (χ4n) is 4.87. The summed E-state index contributed by atoms with van der Waals surface area (Å²) in [4.78, 5) is 30.9. The second-order valence-corrected chi connectivity index (χ2v) is 11.9. The SMILES string of the molecule is CCCCCOc1ccc(N=Cc2ccc(OC(=O)c3ccc(OCCCCC)cc3)cc2OC(=O)c2ccc(OCCCCC)cc2)cc1. The Kier molecular flexibility index (Phi) is 15.9. The molecule has 8 nitrogen and oxygen atoms in total. The zero-order chi connectivity index (χ0) is 35.4. The van der Waals surface area contributed by atoms with Crippen LogP contribution in [0, 0.1) is 0 Å². The summed E-state index contributed by atoms with van der Waals surface area (Å²) in [6, 6.07) is 26.0. The summed E-state index contributed by atoms with van der Waals surface area (Å²) in [5.74, 6) is 1.46. The average molecular weight is 680 g/mol. The van der Waals surface area contributed by atoms with E-state index in [4.69, 9.17) is 23.7 Å². The molecule has 8 heteroatoms. The highest BCUT2D eigenvalue weighted by Gasteiger charge is 2.15. The maximum absolute atomic E-state index is 13.3. The molecule has 0 radical (unpaired) electrons. The van der Waals surface area contributed by atoms with Gasteiger partial charge in [-0.1, -0.05) is 59.3 Å². The number of hydrogen-bond acceptors (Lipinski definition) is 8. The van der Waals surface area contributed by atoms with E-state index in [1.165, 1.54) is 6.07 Å². The molecule has 0 bridgehead atoms. The van der Waals surface area contributed by atoms with Crippen LogP contribution in [-0.4, -0.2) is 38.0 Å². The monoisotopic (exact) mass is 679 g/mol. The summed E-state index contributed by atoms with van der Waals surface area (Å²) < 4.78 is 28.9. The molecule has 0 atom stereocenters. The number of benzene rings is 4. The minimum atomic E-state index is -0.570. The third-order valence-electron chi connectivity index (χ3n) is 7.82. The van der Waals surface area contributed by atoms with Crippen molar-refractivity contribution in [1.82, 2.24) is 0 Å². The lowest BCUT2D eigenvalue weighted by atomic mass is 10.2.